The Kier molecular flexibility index (Phi) is 6.26. The van der Waals surface area contributed by atoms with Gasteiger partial charge in [0.25, 0.3) is 0 Å². The number of hydrogen-bond donors (Lipinski definition) is 3. The van der Waals surface area contributed by atoms with Gasteiger partial charge in [0, 0.05) is 0 Å². The van der Waals surface area contributed by atoms with Crippen LogP contribution in [0.1, 0.15) is 0 Å². The lowest BCUT2D eigenvalue weighted by Crippen LogP contribution is -1.76. The summed E-state index contributed by atoms with van der Waals surface area (Å²) in [5.74, 6) is 0. The highest BCUT2D eigenvalue weighted by molar-refractivity contribution is 7.45. The first-order chi connectivity index (χ1) is 3.73. The van der Waals surface area contributed by atoms with Gasteiger partial charge in [-0.3, -0.25) is 12.9 Å². The SMILES string of the molecule is FB(F)F.O=P(O)(O)O. The van der Waals surface area contributed by atoms with E-state index in [-0.39, 0.29) is 0 Å². The fraction of sp³-hybridized carbons (Fsp3) is 0. The minimum Gasteiger partial charge on any atom is -0.303 e. The first-order valence-electron chi connectivity index (χ1n) is 1.44. The molecule has 0 aliphatic carbocycles. The normalized spacial score (nSPS) is 9.56. The summed E-state index contributed by atoms with van der Waals surface area (Å²) in [4.78, 5) is 21.6. The Hall–Kier alpha value is -0.0351. The van der Waals surface area contributed by atoms with Crippen molar-refractivity contribution in [2.24, 2.45) is 0 Å². The van der Waals surface area contributed by atoms with Gasteiger partial charge < -0.3 is 14.7 Å². The van der Waals surface area contributed by atoms with Crippen LogP contribution < -0.4 is 0 Å². The number of hydrogen-bond acceptors (Lipinski definition) is 1. The zero-order valence-electron chi connectivity index (χ0n) is 3.91. The Bertz CT molecular complexity index is 87.0. The van der Waals surface area contributed by atoms with Crippen LogP contribution in [0, 0.1) is 0 Å². The van der Waals surface area contributed by atoms with E-state index in [0.29, 0.717) is 0 Å². The van der Waals surface area contributed by atoms with Crippen LogP contribution in [0.5, 0.6) is 0 Å². The van der Waals surface area contributed by atoms with Gasteiger partial charge in [-0.05, 0) is 0 Å². The lowest BCUT2D eigenvalue weighted by atomic mass is 10.5. The highest BCUT2D eigenvalue weighted by Gasteiger charge is 2.06. The molecule has 0 aliphatic heterocycles. The van der Waals surface area contributed by atoms with Gasteiger partial charge in [0.2, 0.25) is 0 Å². The predicted octanol–water partition coefficient (Wildman–Crippen LogP) is -0.0488. The molecule has 0 aromatic carbocycles. The summed E-state index contributed by atoms with van der Waals surface area (Å²) in [6.07, 6.45) is 0. The third-order valence-corrected chi connectivity index (χ3v) is 0. The van der Waals surface area contributed by atoms with Gasteiger partial charge in [-0.2, -0.15) is 0 Å². The fourth-order valence-corrected chi connectivity index (χ4v) is 0. The maximum absolute atomic E-state index is 9.67. The lowest BCUT2D eigenvalue weighted by molar-refractivity contribution is 0.275. The van der Waals surface area contributed by atoms with Crippen LogP contribution in [0.2, 0.25) is 0 Å². The van der Waals surface area contributed by atoms with Crippen LogP contribution in [0.4, 0.5) is 12.9 Å². The molecule has 0 aromatic rings. The molecular formula is H3BF3O4P. The van der Waals surface area contributed by atoms with E-state index in [9.17, 15) is 12.9 Å². The molecule has 0 bridgehead atoms. The van der Waals surface area contributed by atoms with Crippen LogP contribution >= 0.6 is 7.82 Å². The third-order valence-electron chi connectivity index (χ3n) is 0. The van der Waals surface area contributed by atoms with Crippen LogP contribution in [0.3, 0.4) is 0 Å². The van der Waals surface area contributed by atoms with Gasteiger partial charge in [0.15, 0.2) is 0 Å². The molecule has 0 aromatic heterocycles. The summed E-state index contributed by atoms with van der Waals surface area (Å²) in [7, 11) is -8.31. The van der Waals surface area contributed by atoms with Crippen molar-refractivity contribution in [2.75, 3.05) is 0 Å². The molecule has 0 heterocycles. The van der Waals surface area contributed by atoms with Crippen LogP contribution in [0.25, 0.3) is 0 Å². The Morgan fingerprint density at radius 1 is 1.11 bits per heavy atom. The van der Waals surface area contributed by atoms with Crippen LogP contribution in [-0.2, 0) is 4.57 Å². The van der Waals surface area contributed by atoms with Crippen molar-refractivity contribution in [1.29, 1.82) is 0 Å². The van der Waals surface area contributed by atoms with Crippen molar-refractivity contribution >= 4 is 15.4 Å². The second-order valence-corrected chi connectivity index (χ2v) is 1.79. The molecule has 0 saturated heterocycles. The van der Waals surface area contributed by atoms with Gasteiger partial charge in [0.1, 0.15) is 0 Å². The maximum atomic E-state index is 9.67. The van der Waals surface area contributed by atoms with E-state index in [1.165, 1.54) is 0 Å². The molecule has 0 spiro atoms. The number of halogens is 3. The number of phosphoric acid groups is 1. The van der Waals surface area contributed by atoms with Gasteiger partial charge >= 0.3 is 15.4 Å². The lowest BCUT2D eigenvalue weighted by Gasteiger charge is -1.82. The van der Waals surface area contributed by atoms with E-state index in [4.69, 9.17) is 19.2 Å². The van der Waals surface area contributed by atoms with Crippen LogP contribution in [0.15, 0.2) is 0 Å². The fourth-order valence-electron chi connectivity index (χ4n) is 0. The summed E-state index contributed by atoms with van der Waals surface area (Å²) in [6.45, 7) is 0. The number of rotatable bonds is 0. The molecular weight excluding hydrogens is 163 g/mol. The molecule has 56 valence electrons. The molecule has 3 N–H and O–H groups in total. The summed E-state index contributed by atoms with van der Waals surface area (Å²) in [5, 5.41) is 0. The topological polar surface area (TPSA) is 77.8 Å². The Morgan fingerprint density at radius 3 is 1.11 bits per heavy atom. The average molecular weight is 166 g/mol. The van der Waals surface area contributed by atoms with E-state index < -0.39 is 15.4 Å². The monoisotopic (exact) mass is 166 g/mol. The molecule has 0 fully saturated rings. The minimum atomic E-state index is -4.64. The third kappa shape index (κ3) is 230000. The predicted molar refractivity (Wildman–Crippen MR) is 23.3 cm³/mol. The van der Waals surface area contributed by atoms with E-state index >= 15 is 0 Å². The zero-order chi connectivity index (χ0) is 8.08. The molecule has 9 heavy (non-hydrogen) atoms. The molecule has 0 radical (unpaired) electrons. The molecule has 0 rings (SSSR count). The van der Waals surface area contributed by atoms with E-state index in [1.54, 1.807) is 0 Å². The molecule has 0 amide bonds. The first kappa shape index (κ1) is 11.7. The first-order valence-corrected chi connectivity index (χ1v) is 3.00. The van der Waals surface area contributed by atoms with Crippen molar-refractivity contribution in [3.63, 3.8) is 0 Å². The molecule has 4 nitrogen and oxygen atoms in total. The van der Waals surface area contributed by atoms with Gasteiger partial charge in [-0.15, -0.1) is 0 Å². The summed E-state index contributed by atoms with van der Waals surface area (Å²) in [6, 6.07) is 0. The standard InChI is InChI=1S/BF3.H3O4P/c2-1(3)4;1-5(2,3)4/h;(H3,1,2,3,4). The van der Waals surface area contributed by atoms with Crippen molar-refractivity contribution in [3.8, 4) is 0 Å². The highest BCUT2D eigenvalue weighted by Crippen LogP contribution is 2.25. The molecule has 0 unspecified atom stereocenters. The minimum absolute atomic E-state index is 3.67. The second kappa shape index (κ2) is 4.81. The quantitative estimate of drug-likeness (QED) is 0.348. The van der Waals surface area contributed by atoms with Crippen molar-refractivity contribution in [3.05, 3.63) is 0 Å². The van der Waals surface area contributed by atoms with E-state index in [2.05, 4.69) is 0 Å². The Balaban J connectivity index is 0. The van der Waals surface area contributed by atoms with Gasteiger partial charge in [0.05, 0.1) is 0 Å². The van der Waals surface area contributed by atoms with Crippen molar-refractivity contribution in [2.45, 2.75) is 0 Å². The maximum Gasteiger partial charge on any atom is 0.762 e. The van der Waals surface area contributed by atoms with E-state index in [1.807, 2.05) is 0 Å². The highest BCUT2D eigenvalue weighted by atomic mass is 31.2. The largest absolute Gasteiger partial charge is 0.762 e. The van der Waals surface area contributed by atoms with Crippen LogP contribution in [-0.4, -0.2) is 22.2 Å². The molecule has 0 atom stereocenters. The Morgan fingerprint density at radius 2 is 1.11 bits per heavy atom. The second-order valence-electron chi connectivity index (χ2n) is 0.761. The smallest absolute Gasteiger partial charge is 0.303 e. The van der Waals surface area contributed by atoms with E-state index in [0.717, 1.165) is 0 Å². The Labute approximate surface area is 48.8 Å². The average Bonchev–Trinajstić information content (AvgIpc) is 1.19. The molecule has 9 heteroatoms. The zero-order valence-corrected chi connectivity index (χ0v) is 4.80. The van der Waals surface area contributed by atoms with Gasteiger partial charge in [-0.25, -0.2) is 4.57 Å². The molecule has 0 saturated carbocycles. The van der Waals surface area contributed by atoms with Gasteiger partial charge in [-0.1, -0.05) is 0 Å². The summed E-state index contributed by atoms with van der Waals surface area (Å²) in [5.41, 5.74) is 0. The van der Waals surface area contributed by atoms with Crippen molar-refractivity contribution in [1.82, 2.24) is 0 Å². The summed E-state index contributed by atoms with van der Waals surface area (Å²) < 4.78 is 37.9. The van der Waals surface area contributed by atoms with Crippen molar-refractivity contribution < 1.29 is 32.2 Å². The molecule has 0 aliphatic rings. The summed E-state index contributed by atoms with van der Waals surface area (Å²) >= 11 is 0.